The summed E-state index contributed by atoms with van der Waals surface area (Å²) in [5.41, 5.74) is 1.46. The third-order valence-corrected chi connectivity index (χ3v) is 5.36. The van der Waals surface area contributed by atoms with Crippen molar-refractivity contribution in [2.24, 2.45) is 7.05 Å². The minimum atomic E-state index is -4.01. The van der Waals surface area contributed by atoms with Gasteiger partial charge in [0.05, 0.1) is 6.20 Å². The number of nitrogens with one attached hydrogen (secondary N) is 1. The Bertz CT molecular complexity index is 1060. The third-order valence-electron chi connectivity index (χ3n) is 4.02. The zero-order valence-electron chi connectivity index (χ0n) is 14.2. The van der Waals surface area contributed by atoms with Gasteiger partial charge in [0.25, 0.3) is 10.0 Å². The van der Waals surface area contributed by atoms with Gasteiger partial charge in [-0.1, -0.05) is 36.4 Å². The lowest BCUT2D eigenvalue weighted by molar-refractivity contribution is -0.119. The number of hydrogen-bond acceptors (Lipinski definition) is 5. The predicted molar refractivity (Wildman–Crippen MR) is 97.8 cm³/mol. The zero-order valence-corrected chi connectivity index (χ0v) is 15.0. The monoisotopic (exact) mass is 370 g/mol. The Morgan fingerprint density at radius 3 is 2.73 bits per heavy atom. The number of benzene rings is 1. The molecule has 2 heterocycles. The van der Waals surface area contributed by atoms with Crippen LogP contribution in [-0.4, -0.2) is 29.1 Å². The van der Waals surface area contributed by atoms with E-state index < -0.39 is 15.9 Å². The number of aryl methyl sites for hydroxylation is 1. The number of hydrogen-bond donors (Lipinski definition) is 1. The number of carbonyl (C=O) groups excluding carboxylic acids is 1. The number of amides is 1. The van der Waals surface area contributed by atoms with E-state index in [0.717, 1.165) is 5.56 Å². The minimum absolute atomic E-state index is 0.0185. The molecule has 0 saturated heterocycles. The van der Waals surface area contributed by atoms with Crippen LogP contribution in [0.25, 0.3) is 11.0 Å². The molecule has 3 aromatic rings. The van der Waals surface area contributed by atoms with Crippen molar-refractivity contribution in [1.82, 2.24) is 19.5 Å². The van der Waals surface area contributed by atoms with Crippen molar-refractivity contribution in [2.45, 2.75) is 17.2 Å². The summed E-state index contributed by atoms with van der Waals surface area (Å²) in [6.07, 6.45) is 4.34. The number of sulfonamides is 1. The molecule has 2 aromatic heterocycles. The molecule has 1 atom stereocenters. The lowest BCUT2D eigenvalue weighted by atomic mass is 9.96. The summed E-state index contributed by atoms with van der Waals surface area (Å²) in [4.78, 5) is 16.3. The molecule has 26 heavy (non-hydrogen) atoms. The standard InChI is InChI=1S/C18H18N4O3S/c1-3-13(14-7-5-4-6-8-14)10-17(23)21-26(24,25)16-9-15-11-20-22(2)18(15)19-12-16/h3-9,11-13H,1,10H2,2H3,(H,21,23). The van der Waals surface area contributed by atoms with Crippen LogP contribution in [0.3, 0.4) is 0 Å². The second-order valence-electron chi connectivity index (χ2n) is 5.84. The number of carbonyl (C=O) groups is 1. The van der Waals surface area contributed by atoms with Crippen molar-refractivity contribution in [1.29, 1.82) is 0 Å². The van der Waals surface area contributed by atoms with Crippen molar-refractivity contribution in [2.75, 3.05) is 0 Å². The van der Waals surface area contributed by atoms with Gasteiger partial charge >= 0.3 is 0 Å². The van der Waals surface area contributed by atoms with Crippen molar-refractivity contribution >= 4 is 27.0 Å². The van der Waals surface area contributed by atoms with Gasteiger partial charge in [-0.15, -0.1) is 6.58 Å². The van der Waals surface area contributed by atoms with Crippen LogP contribution in [0.4, 0.5) is 0 Å². The van der Waals surface area contributed by atoms with Gasteiger partial charge in [0.1, 0.15) is 4.90 Å². The van der Waals surface area contributed by atoms with E-state index >= 15 is 0 Å². The van der Waals surface area contributed by atoms with Gasteiger partial charge < -0.3 is 0 Å². The first-order valence-electron chi connectivity index (χ1n) is 7.91. The fourth-order valence-corrected chi connectivity index (χ4v) is 3.63. The summed E-state index contributed by atoms with van der Waals surface area (Å²) in [6.45, 7) is 3.73. The van der Waals surface area contributed by atoms with E-state index in [4.69, 9.17) is 0 Å². The molecule has 0 aliphatic carbocycles. The first kappa shape index (κ1) is 17.8. The van der Waals surface area contributed by atoms with Gasteiger partial charge in [0.15, 0.2) is 5.65 Å². The van der Waals surface area contributed by atoms with Crippen LogP contribution in [0.2, 0.25) is 0 Å². The Kier molecular flexibility index (Phi) is 4.85. The van der Waals surface area contributed by atoms with E-state index in [1.54, 1.807) is 17.8 Å². The van der Waals surface area contributed by atoms with Crippen molar-refractivity contribution in [3.8, 4) is 0 Å². The fourth-order valence-electron chi connectivity index (χ4n) is 2.66. The van der Waals surface area contributed by atoms with E-state index in [2.05, 4.69) is 21.4 Å². The van der Waals surface area contributed by atoms with Gasteiger partial charge in [-0.2, -0.15) is 5.10 Å². The topological polar surface area (TPSA) is 93.9 Å². The van der Waals surface area contributed by atoms with Crippen LogP contribution in [0.15, 0.2) is 66.3 Å². The number of aromatic nitrogens is 3. The molecule has 0 bridgehead atoms. The number of allylic oxidation sites excluding steroid dienone is 1. The highest BCUT2D eigenvalue weighted by Gasteiger charge is 2.21. The molecule has 3 rings (SSSR count). The smallest absolute Gasteiger partial charge is 0.265 e. The van der Waals surface area contributed by atoms with Gasteiger partial charge in [-0.3, -0.25) is 9.48 Å². The second kappa shape index (κ2) is 7.09. The highest BCUT2D eigenvalue weighted by molar-refractivity contribution is 7.90. The van der Waals surface area contributed by atoms with Crippen LogP contribution >= 0.6 is 0 Å². The number of nitrogens with zero attached hydrogens (tertiary/aromatic N) is 3. The van der Waals surface area contributed by atoms with Crippen LogP contribution < -0.4 is 4.72 Å². The minimum Gasteiger partial charge on any atom is -0.274 e. The quantitative estimate of drug-likeness (QED) is 0.671. The molecule has 7 nitrogen and oxygen atoms in total. The van der Waals surface area contributed by atoms with Crippen molar-refractivity contribution in [3.63, 3.8) is 0 Å². The maximum atomic E-state index is 12.5. The summed E-state index contributed by atoms with van der Waals surface area (Å²) in [5, 5.41) is 4.60. The lowest BCUT2D eigenvalue weighted by Gasteiger charge is -2.13. The Hall–Kier alpha value is -3.00. The average Bonchev–Trinajstić information content (AvgIpc) is 3.00. The molecule has 1 aromatic carbocycles. The molecule has 0 fully saturated rings. The molecule has 0 radical (unpaired) electrons. The molecular formula is C18H18N4O3S. The molecule has 1 N–H and O–H groups in total. The molecule has 0 saturated carbocycles. The SMILES string of the molecule is C=CC(CC(=O)NS(=O)(=O)c1cnc2c(cnn2C)c1)c1ccccc1. The van der Waals surface area contributed by atoms with E-state index in [-0.39, 0.29) is 17.2 Å². The maximum absolute atomic E-state index is 12.5. The van der Waals surface area contributed by atoms with E-state index in [1.165, 1.54) is 18.5 Å². The summed E-state index contributed by atoms with van der Waals surface area (Å²) in [6, 6.07) is 10.8. The summed E-state index contributed by atoms with van der Waals surface area (Å²) in [7, 11) is -2.30. The molecule has 1 amide bonds. The first-order chi connectivity index (χ1) is 12.4. The number of pyridine rings is 1. The molecular weight excluding hydrogens is 352 g/mol. The number of fused-ring (bicyclic) bond motifs is 1. The fraction of sp³-hybridized carbons (Fsp3) is 0.167. The average molecular weight is 370 g/mol. The Morgan fingerprint density at radius 2 is 2.04 bits per heavy atom. The molecule has 134 valence electrons. The van der Waals surface area contributed by atoms with Crippen molar-refractivity contribution in [3.05, 3.63) is 67.0 Å². The van der Waals surface area contributed by atoms with E-state index in [1.807, 2.05) is 30.3 Å². The molecule has 0 aliphatic heterocycles. The molecule has 8 heteroatoms. The predicted octanol–water partition coefficient (Wildman–Crippen LogP) is 2.13. The van der Waals surface area contributed by atoms with E-state index in [9.17, 15) is 13.2 Å². The van der Waals surface area contributed by atoms with Gasteiger partial charge in [0, 0.05) is 31.0 Å². The van der Waals surface area contributed by atoms with Gasteiger partial charge in [-0.25, -0.2) is 18.1 Å². The third kappa shape index (κ3) is 3.65. The molecule has 1 unspecified atom stereocenters. The number of rotatable bonds is 6. The van der Waals surface area contributed by atoms with E-state index in [0.29, 0.717) is 11.0 Å². The van der Waals surface area contributed by atoms with Gasteiger partial charge in [0.2, 0.25) is 5.91 Å². The maximum Gasteiger partial charge on any atom is 0.265 e. The van der Waals surface area contributed by atoms with Crippen LogP contribution in [0.1, 0.15) is 17.9 Å². The highest BCUT2D eigenvalue weighted by Crippen LogP contribution is 2.21. The highest BCUT2D eigenvalue weighted by atomic mass is 32.2. The van der Waals surface area contributed by atoms with Crippen LogP contribution in [-0.2, 0) is 21.9 Å². The molecule has 0 spiro atoms. The second-order valence-corrected chi connectivity index (χ2v) is 7.52. The van der Waals surface area contributed by atoms with Crippen LogP contribution in [0, 0.1) is 0 Å². The summed E-state index contributed by atoms with van der Waals surface area (Å²) < 4.78 is 28.6. The zero-order chi connectivity index (χ0) is 18.7. The first-order valence-corrected chi connectivity index (χ1v) is 9.40. The summed E-state index contributed by atoms with van der Waals surface area (Å²) >= 11 is 0. The Morgan fingerprint density at radius 1 is 1.31 bits per heavy atom. The van der Waals surface area contributed by atoms with Crippen LogP contribution in [0.5, 0.6) is 0 Å². The van der Waals surface area contributed by atoms with Gasteiger partial charge in [-0.05, 0) is 11.6 Å². The van der Waals surface area contributed by atoms with Crippen molar-refractivity contribution < 1.29 is 13.2 Å². The molecule has 0 aliphatic rings. The Labute approximate surface area is 151 Å². The normalized spacial score (nSPS) is 12.7. The largest absolute Gasteiger partial charge is 0.274 e. The lowest BCUT2D eigenvalue weighted by Crippen LogP contribution is -2.31. The summed E-state index contributed by atoms with van der Waals surface area (Å²) in [5.74, 6) is -0.879. The Balaban J connectivity index is 1.77.